The fourth-order valence-corrected chi connectivity index (χ4v) is 1.20. The Morgan fingerprint density at radius 1 is 1.14 bits per heavy atom. The van der Waals surface area contributed by atoms with Crippen LogP contribution in [-0.2, 0) is 9.47 Å². The SMILES string of the molecule is COC1=CC=C(OCC(C)(C)C)CC1. The molecule has 14 heavy (non-hydrogen) atoms. The van der Waals surface area contributed by atoms with E-state index < -0.39 is 0 Å². The average molecular weight is 196 g/mol. The highest BCUT2D eigenvalue weighted by atomic mass is 16.5. The molecule has 0 radical (unpaired) electrons. The second-order valence-corrected chi connectivity index (χ2v) is 4.82. The lowest BCUT2D eigenvalue weighted by Gasteiger charge is -2.21. The number of rotatable bonds is 3. The van der Waals surface area contributed by atoms with E-state index in [0.29, 0.717) is 0 Å². The lowest BCUT2D eigenvalue weighted by Crippen LogP contribution is -2.15. The molecule has 0 unspecified atom stereocenters. The summed E-state index contributed by atoms with van der Waals surface area (Å²) in [6.07, 6.45) is 5.90. The molecule has 0 saturated heterocycles. The lowest BCUT2D eigenvalue weighted by molar-refractivity contribution is 0.118. The quantitative estimate of drug-likeness (QED) is 0.689. The predicted octanol–water partition coefficient (Wildman–Crippen LogP) is 3.26. The minimum Gasteiger partial charge on any atom is -0.501 e. The van der Waals surface area contributed by atoms with Crippen molar-refractivity contribution >= 4 is 0 Å². The van der Waals surface area contributed by atoms with Gasteiger partial charge in [0.25, 0.3) is 0 Å². The van der Waals surface area contributed by atoms with Crippen LogP contribution in [0.3, 0.4) is 0 Å². The predicted molar refractivity (Wildman–Crippen MR) is 57.8 cm³/mol. The zero-order valence-corrected chi connectivity index (χ0v) is 9.59. The van der Waals surface area contributed by atoms with E-state index in [9.17, 15) is 0 Å². The topological polar surface area (TPSA) is 18.5 Å². The Morgan fingerprint density at radius 2 is 1.71 bits per heavy atom. The van der Waals surface area contributed by atoms with Crippen LogP contribution in [0.1, 0.15) is 33.6 Å². The van der Waals surface area contributed by atoms with Crippen molar-refractivity contribution in [2.75, 3.05) is 13.7 Å². The molecule has 1 aliphatic rings. The summed E-state index contributed by atoms with van der Waals surface area (Å²) in [5.41, 5.74) is 0.228. The van der Waals surface area contributed by atoms with Crippen molar-refractivity contribution in [3.8, 4) is 0 Å². The van der Waals surface area contributed by atoms with Crippen molar-refractivity contribution in [1.82, 2.24) is 0 Å². The van der Waals surface area contributed by atoms with Crippen molar-refractivity contribution in [3.05, 3.63) is 23.7 Å². The Bertz CT molecular complexity index is 244. The largest absolute Gasteiger partial charge is 0.501 e. The van der Waals surface area contributed by atoms with Gasteiger partial charge in [-0.25, -0.2) is 0 Å². The molecule has 0 spiro atoms. The standard InChI is InChI=1S/C12H20O2/c1-12(2,3)9-14-11-7-5-10(13-4)6-8-11/h5,7H,6,8-9H2,1-4H3. The zero-order chi connectivity index (χ0) is 10.6. The van der Waals surface area contributed by atoms with E-state index >= 15 is 0 Å². The zero-order valence-electron chi connectivity index (χ0n) is 9.59. The van der Waals surface area contributed by atoms with Gasteiger partial charge in [-0.3, -0.25) is 0 Å². The molecular weight excluding hydrogens is 176 g/mol. The summed E-state index contributed by atoms with van der Waals surface area (Å²) in [6, 6.07) is 0. The monoisotopic (exact) mass is 196 g/mol. The van der Waals surface area contributed by atoms with Crippen LogP contribution in [0, 0.1) is 5.41 Å². The van der Waals surface area contributed by atoms with Crippen molar-refractivity contribution in [1.29, 1.82) is 0 Å². The van der Waals surface area contributed by atoms with Gasteiger partial charge in [-0.05, 0) is 17.6 Å². The van der Waals surface area contributed by atoms with Gasteiger partial charge in [0.2, 0.25) is 0 Å². The Morgan fingerprint density at radius 3 is 2.14 bits per heavy atom. The molecule has 0 N–H and O–H groups in total. The summed E-state index contributed by atoms with van der Waals surface area (Å²) in [4.78, 5) is 0. The molecule has 0 atom stereocenters. The number of ether oxygens (including phenoxy) is 2. The second kappa shape index (κ2) is 4.54. The summed E-state index contributed by atoms with van der Waals surface area (Å²) >= 11 is 0. The fraction of sp³-hybridized carbons (Fsp3) is 0.667. The molecule has 0 aromatic rings. The van der Waals surface area contributed by atoms with Gasteiger partial charge >= 0.3 is 0 Å². The van der Waals surface area contributed by atoms with Crippen molar-refractivity contribution in [2.45, 2.75) is 33.6 Å². The molecule has 0 saturated carbocycles. The molecule has 0 fully saturated rings. The van der Waals surface area contributed by atoms with E-state index in [1.807, 2.05) is 12.2 Å². The Hall–Kier alpha value is -0.920. The Kier molecular flexibility index (Phi) is 3.62. The fourth-order valence-electron chi connectivity index (χ4n) is 1.20. The van der Waals surface area contributed by atoms with Crippen LogP contribution >= 0.6 is 0 Å². The minimum absolute atomic E-state index is 0.228. The summed E-state index contributed by atoms with van der Waals surface area (Å²) in [6.45, 7) is 7.29. The normalized spacial score (nSPS) is 17.1. The van der Waals surface area contributed by atoms with Gasteiger partial charge in [-0.2, -0.15) is 0 Å². The van der Waals surface area contributed by atoms with Gasteiger partial charge in [0.15, 0.2) is 0 Å². The summed E-state index contributed by atoms with van der Waals surface area (Å²) in [5.74, 6) is 2.11. The molecule has 0 bridgehead atoms. The first kappa shape index (κ1) is 11.2. The van der Waals surface area contributed by atoms with Gasteiger partial charge in [0.05, 0.1) is 25.2 Å². The summed E-state index contributed by atoms with van der Waals surface area (Å²) in [7, 11) is 1.71. The van der Waals surface area contributed by atoms with E-state index in [2.05, 4.69) is 20.8 Å². The van der Waals surface area contributed by atoms with Gasteiger partial charge in [0, 0.05) is 12.8 Å². The number of methoxy groups -OCH3 is 1. The number of allylic oxidation sites excluding steroid dienone is 4. The second-order valence-electron chi connectivity index (χ2n) is 4.82. The molecule has 0 aliphatic heterocycles. The molecule has 2 heteroatoms. The van der Waals surface area contributed by atoms with Gasteiger partial charge < -0.3 is 9.47 Å². The van der Waals surface area contributed by atoms with Gasteiger partial charge in [-0.1, -0.05) is 20.8 Å². The number of hydrogen-bond donors (Lipinski definition) is 0. The maximum Gasteiger partial charge on any atom is 0.0965 e. The van der Waals surface area contributed by atoms with E-state index in [-0.39, 0.29) is 5.41 Å². The molecule has 0 heterocycles. The Labute approximate surface area is 86.6 Å². The third kappa shape index (κ3) is 3.86. The molecular formula is C12H20O2. The molecule has 2 nitrogen and oxygen atoms in total. The first-order valence-corrected chi connectivity index (χ1v) is 5.08. The molecule has 0 aromatic carbocycles. The van der Waals surface area contributed by atoms with Gasteiger partial charge in [0.1, 0.15) is 0 Å². The summed E-state index contributed by atoms with van der Waals surface area (Å²) in [5, 5.41) is 0. The first-order chi connectivity index (χ1) is 6.51. The molecule has 1 aliphatic carbocycles. The molecule has 80 valence electrons. The van der Waals surface area contributed by atoms with Crippen LogP contribution in [0.4, 0.5) is 0 Å². The highest BCUT2D eigenvalue weighted by Gasteiger charge is 2.13. The molecule has 0 aromatic heterocycles. The average Bonchev–Trinajstić information content (AvgIpc) is 2.14. The smallest absolute Gasteiger partial charge is 0.0965 e. The van der Waals surface area contributed by atoms with Crippen LogP contribution < -0.4 is 0 Å². The van der Waals surface area contributed by atoms with Crippen LogP contribution in [0.2, 0.25) is 0 Å². The van der Waals surface area contributed by atoms with Crippen molar-refractivity contribution in [3.63, 3.8) is 0 Å². The molecule has 1 rings (SSSR count). The van der Waals surface area contributed by atoms with E-state index in [1.54, 1.807) is 7.11 Å². The third-order valence-corrected chi connectivity index (χ3v) is 2.03. The van der Waals surface area contributed by atoms with Crippen molar-refractivity contribution in [2.24, 2.45) is 5.41 Å². The summed E-state index contributed by atoms with van der Waals surface area (Å²) < 4.78 is 10.8. The van der Waals surface area contributed by atoms with E-state index in [0.717, 1.165) is 31.0 Å². The number of hydrogen-bond acceptors (Lipinski definition) is 2. The minimum atomic E-state index is 0.228. The van der Waals surface area contributed by atoms with Crippen LogP contribution in [0.5, 0.6) is 0 Å². The maximum atomic E-state index is 5.70. The Balaban J connectivity index is 2.41. The van der Waals surface area contributed by atoms with Crippen LogP contribution in [0.25, 0.3) is 0 Å². The highest BCUT2D eigenvalue weighted by molar-refractivity contribution is 5.17. The maximum absolute atomic E-state index is 5.70. The first-order valence-electron chi connectivity index (χ1n) is 5.08. The van der Waals surface area contributed by atoms with E-state index in [1.165, 1.54) is 0 Å². The van der Waals surface area contributed by atoms with E-state index in [4.69, 9.17) is 9.47 Å². The molecule has 0 amide bonds. The van der Waals surface area contributed by atoms with Gasteiger partial charge in [-0.15, -0.1) is 0 Å². The van der Waals surface area contributed by atoms with Crippen molar-refractivity contribution < 1.29 is 9.47 Å². The highest BCUT2D eigenvalue weighted by Crippen LogP contribution is 2.22. The van der Waals surface area contributed by atoms with Crippen LogP contribution in [0.15, 0.2) is 23.7 Å². The third-order valence-electron chi connectivity index (χ3n) is 2.03. The van der Waals surface area contributed by atoms with Crippen LogP contribution in [-0.4, -0.2) is 13.7 Å². The lowest BCUT2D eigenvalue weighted by atomic mass is 9.98.